The van der Waals surface area contributed by atoms with Crippen LogP contribution in [0.2, 0.25) is 0 Å². The summed E-state index contributed by atoms with van der Waals surface area (Å²) in [7, 11) is 0. The molecule has 0 unspecified atom stereocenters. The minimum atomic E-state index is -0.501. The molecule has 0 radical (unpaired) electrons. The van der Waals surface area contributed by atoms with Gasteiger partial charge in [-0.3, -0.25) is 10.1 Å². The molecule has 2 heterocycles. The Labute approximate surface area is 175 Å². The quantitative estimate of drug-likeness (QED) is 0.436. The first kappa shape index (κ1) is 21.7. The van der Waals surface area contributed by atoms with E-state index in [1.165, 1.54) is 0 Å². The number of nitrogens with two attached hydrogens (primary N) is 2. The molecule has 1 fully saturated rings. The molecule has 0 saturated heterocycles. The summed E-state index contributed by atoms with van der Waals surface area (Å²) in [4.78, 5) is 23.8. The minimum absolute atomic E-state index is 0.0138. The zero-order valence-corrected chi connectivity index (χ0v) is 17.4. The highest BCUT2D eigenvalue weighted by molar-refractivity contribution is 5.58. The number of aromatic nitrogens is 3. The van der Waals surface area contributed by atoms with E-state index in [0.29, 0.717) is 30.5 Å². The van der Waals surface area contributed by atoms with Gasteiger partial charge < -0.3 is 21.5 Å². The number of nitrogens with one attached hydrogen (secondary N) is 1. The van der Waals surface area contributed by atoms with Crippen LogP contribution in [-0.4, -0.2) is 32.0 Å². The summed E-state index contributed by atoms with van der Waals surface area (Å²) in [6, 6.07) is 3.92. The van der Waals surface area contributed by atoms with Crippen molar-refractivity contribution in [3.63, 3.8) is 0 Å². The van der Waals surface area contributed by atoms with Crippen LogP contribution in [0.3, 0.4) is 0 Å². The van der Waals surface area contributed by atoms with Crippen LogP contribution in [-0.2, 0) is 13.0 Å². The number of anilines is 2. The Morgan fingerprint density at radius 1 is 1.30 bits per heavy atom. The maximum absolute atomic E-state index is 11.6. The van der Waals surface area contributed by atoms with Crippen molar-refractivity contribution in [1.29, 1.82) is 0 Å². The average Bonchev–Trinajstić information content (AvgIpc) is 2.68. The minimum Gasteiger partial charge on any atom is -0.475 e. The molecule has 1 aliphatic rings. The van der Waals surface area contributed by atoms with Crippen molar-refractivity contribution in [2.75, 3.05) is 11.1 Å². The van der Waals surface area contributed by atoms with Gasteiger partial charge in [-0.25, -0.2) is 9.97 Å². The van der Waals surface area contributed by atoms with Crippen molar-refractivity contribution < 1.29 is 9.66 Å². The third kappa shape index (κ3) is 5.53. The van der Waals surface area contributed by atoms with Gasteiger partial charge in [0.25, 0.3) is 0 Å². The molecular weight excluding hydrogens is 386 g/mol. The number of nitrogen functional groups attached to an aromatic ring is 1. The number of hydrogen-bond acceptors (Lipinski definition) is 9. The van der Waals surface area contributed by atoms with Crippen molar-refractivity contribution in [2.24, 2.45) is 11.7 Å². The molecule has 0 bridgehead atoms. The molecule has 10 nitrogen and oxygen atoms in total. The van der Waals surface area contributed by atoms with Gasteiger partial charge in [-0.1, -0.05) is 6.07 Å². The molecular formula is C20H29N7O3. The van der Waals surface area contributed by atoms with Crippen molar-refractivity contribution in [3.05, 3.63) is 39.7 Å². The topological polar surface area (TPSA) is 155 Å². The van der Waals surface area contributed by atoms with Gasteiger partial charge in [-0.15, -0.1) is 0 Å². The maximum Gasteiger partial charge on any atom is 0.332 e. The summed E-state index contributed by atoms with van der Waals surface area (Å²) < 4.78 is 5.72. The first-order valence-corrected chi connectivity index (χ1v) is 10.2. The number of nitrogens with zero attached hydrogens (tertiary/aromatic N) is 4. The normalized spacial score (nSPS) is 18.9. The van der Waals surface area contributed by atoms with Gasteiger partial charge >= 0.3 is 5.69 Å². The summed E-state index contributed by atoms with van der Waals surface area (Å²) in [5.41, 5.74) is 12.9. The van der Waals surface area contributed by atoms with Crippen LogP contribution in [0.4, 0.5) is 17.5 Å². The molecule has 162 valence electrons. The first-order valence-electron chi connectivity index (χ1n) is 10.2. The van der Waals surface area contributed by atoms with E-state index in [9.17, 15) is 10.1 Å². The Morgan fingerprint density at radius 3 is 2.70 bits per heavy atom. The largest absolute Gasteiger partial charge is 0.475 e. The Balaban J connectivity index is 1.79. The van der Waals surface area contributed by atoms with Crippen LogP contribution in [0.5, 0.6) is 5.88 Å². The van der Waals surface area contributed by atoms with E-state index >= 15 is 0 Å². The number of nitro groups is 1. The smallest absolute Gasteiger partial charge is 0.332 e. The van der Waals surface area contributed by atoms with Crippen LogP contribution < -0.4 is 21.5 Å². The molecule has 1 saturated carbocycles. The van der Waals surface area contributed by atoms with E-state index in [4.69, 9.17) is 16.2 Å². The number of ether oxygens (including phenoxy) is 1. The van der Waals surface area contributed by atoms with E-state index in [1.54, 1.807) is 6.20 Å². The molecule has 0 amide bonds. The summed E-state index contributed by atoms with van der Waals surface area (Å²) in [5.74, 6) is 0.938. The van der Waals surface area contributed by atoms with E-state index in [-0.39, 0.29) is 29.6 Å². The molecule has 30 heavy (non-hydrogen) atoms. The molecule has 2 aromatic heterocycles. The fourth-order valence-electron chi connectivity index (χ4n) is 3.67. The molecule has 2 aromatic rings. The highest BCUT2D eigenvalue weighted by Crippen LogP contribution is 2.32. The molecule has 0 atom stereocenters. The van der Waals surface area contributed by atoms with Crippen molar-refractivity contribution in [1.82, 2.24) is 15.0 Å². The highest BCUT2D eigenvalue weighted by Gasteiger charge is 2.27. The standard InChI is InChI=1S/C20H29N7O3/c1-12(2)30-19-14(4-3-9-23-19)11-24-20-25-16(17(27(28)29)18(22)26-20)10-13-5-7-15(21)8-6-13/h3-4,9,12-13,15H,5-8,10-11,21H2,1-2H3,(H3,22,24,25,26)/t13-,15-. The second-order valence-electron chi connectivity index (χ2n) is 7.96. The lowest BCUT2D eigenvalue weighted by Crippen LogP contribution is -2.27. The van der Waals surface area contributed by atoms with Gasteiger partial charge in [-0.05, 0) is 57.9 Å². The first-order chi connectivity index (χ1) is 14.3. The number of pyridine rings is 1. The second kappa shape index (κ2) is 9.66. The lowest BCUT2D eigenvalue weighted by molar-refractivity contribution is -0.385. The second-order valence-corrected chi connectivity index (χ2v) is 7.96. The summed E-state index contributed by atoms with van der Waals surface area (Å²) in [5, 5.41) is 14.7. The van der Waals surface area contributed by atoms with Gasteiger partial charge in [-0.2, -0.15) is 4.98 Å². The fourth-order valence-corrected chi connectivity index (χ4v) is 3.67. The van der Waals surface area contributed by atoms with E-state index < -0.39 is 4.92 Å². The van der Waals surface area contributed by atoms with Crippen LogP contribution in [0.15, 0.2) is 18.3 Å². The van der Waals surface area contributed by atoms with Gasteiger partial charge in [0.05, 0.1) is 11.0 Å². The third-order valence-corrected chi connectivity index (χ3v) is 5.17. The van der Waals surface area contributed by atoms with Crippen LogP contribution in [0.25, 0.3) is 0 Å². The average molecular weight is 415 g/mol. The van der Waals surface area contributed by atoms with Crippen molar-refractivity contribution in [2.45, 2.75) is 64.6 Å². The van der Waals surface area contributed by atoms with Crippen LogP contribution in [0, 0.1) is 16.0 Å². The molecule has 0 aromatic carbocycles. The summed E-state index contributed by atoms with van der Waals surface area (Å²) >= 11 is 0. The van der Waals surface area contributed by atoms with Gasteiger partial charge in [0.1, 0.15) is 5.69 Å². The predicted molar refractivity (Wildman–Crippen MR) is 114 cm³/mol. The molecule has 5 N–H and O–H groups in total. The molecule has 3 rings (SSSR count). The third-order valence-electron chi connectivity index (χ3n) is 5.17. The Kier molecular flexibility index (Phi) is 6.99. The number of hydrogen-bond donors (Lipinski definition) is 3. The molecule has 0 spiro atoms. The lowest BCUT2D eigenvalue weighted by atomic mass is 9.83. The maximum atomic E-state index is 11.6. The Bertz CT molecular complexity index is 883. The SMILES string of the molecule is CC(C)Oc1ncccc1CNc1nc(N)c([N+](=O)[O-])c(C[C@H]2CC[C@H](N)CC2)n1. The van der Waals surface area contributed by atoms with Gasteiger partial charge in [0, 0.05) is 24.3 Å². The number of rotatable bonds is 8. The van der Waals surface area contributed by atoms with E-state index in [2.05, 4.69) is 20.3 Å². The molecule has 10 heteroatoms. The predicted octanol–water partition coefficient (Wildman–Crippen LogP) is 2.82. The highest BCUT2D eigenvalue weighted by atomic mass is 16.6. The lowest BCUT2D eigenvalue weighted by Gasteiger charge is -2.25. The van der Waals surface area contributed by atoms with E-state index in [1.807, 2.05) is 26.0 Å². The van der Waals surface area contributed by atoms with Crippen molar-refractivity contribution in [3.8, 4) is 5.88 Å². The Hall–Kier alpha value is -3.01. The Morgan fingerprint density at radius 2 is 2.03 bits per heavy atom. The van der Waals surface area contributed by atoms with Gasteiger partial charge in [0.2, 0.25) is 17.6 Å². The van der Waals surface area contributed by atoms with Crippen LogP contribution in [0.1, 0.15) is 50.8 Å². The zero-order valence-electron chi connectivity index (χ0n) is 17.4. The van der Waals surface area contributed by atoms with Crippen molar-refractivity contribution >= 4 is 17.5 Å². The van der Waals surface area contributed by atoms with Gasteiger partial charge in [0.15, 0.2) is 0 Å². The van der Waals surface area contributed by atoms with E-state index in [0.717, 1.165) is 31.2 Å². The molecule has 0 aliphatic heterocycles. The van der Waals surface area contributed by atoms with Crippen LogP contribution >= 0.6 is 0 Å². The fraction of sp³-hybridized carbons (Fsp3) is 0.550. The monoisotopic (exact) mass is 415 g/mol. The zero-order chi connectivity index (χ0) is 21.7. The summed E-state index contributed by atoms with van der Waals surface area (Å²) in [6.07, 6.45) is 5.83. The summed E-state index contributed by atoms with van der Waals surface area (Å²) in [6.45, 7) is 4.21. The molecule has 1 aliphatic carbocycles.